The lowest BCUT2D eigenvalue weighted by Crippen LogP contribution is -1.72. The fraction of sp³-hybridized carbons (Fsp3) is 0. The van der Waals surface area contributed by atoms with Crippen molar-refractivity contribution in [1.29, 1.82) is 0 Å². The number of carbonyl (C=O) groups excluding carboxylic acids is 1. The molecule has 0 radical (unpaired) electrons. The summed E-state index contributed by atoms with van der Waals surface area (Å²) in [6.07, 6.45) is 3.57. The topological polar surface area (TPSA) is 37.3 Å². The minimum atomic E-state index is 0.186. The van der Waals surface area contributed by atoms with Crippen molar-refractivity contribution in [2.75, 3.05) is 0 Å². The van der Waals surface area contributed by atoms with Crippen molar-refractivity contribution in [2.45, 2.75) is 0 Å². The number of hydrogen-bond donors (Lipinski definition) is 1. The van der Waals surface area contributed by atoms with E-state index in [4.69, 9.17) is 5.11 Å². The molecule has 0 atom stereocenters. The highest BCUT2D eigenvalue weighted by atomic mass is 16.3. The average molecular weight is 148 g/mol. The van der Waals surface area contributed by atoms with Crippen molar-refractivity contribution in [2.24, 2.45) is 0 Å². The molecule has 0 saturated carbocycles. The first-order valence-electron chi connectivity index (χ1n) is 3.24. The van der Waals surface area contributed by atoms with Gasteiger partial charge in [-0.2, -0.15) is 0 Å². The summed E-state index contributed by atoms with van der Waals surface area (Å²) >= 11 is 0. The van der Waals surface area contributed by atoms with Gasteiger partial charge in [0.25, 0.3) is 0 Å². The summed E-state index contributed by atoms with van der Waals surface area (Å²) in [6.45, 7) is 0. The summed E-state index contributed by atoms with van der Waals surface area (Å²) in [5.74, 6) is 0.186. The van der Waals surface area contributed by atoms with Crippen LogP contribution >= 0.6 is 0 Å². The number of hydrogen-bond acceptors (Lipinski definition) is 2. The Morgan fingerprint density at radius 1 is 1.27 bits per heavy atom. The van der Waals surface area contributed by atoms with Crippen molar-refractivity contribution in [1.82, 2.24) is 0 Å². The van der Waals surface area contributed by atoms with Crippen LogP contribution in [0.25, 0.3) is 6.08 Å². The summed E-state index contributed by atoms with van der Waals surface area (Å²) in [6, 6.07) is 6.83. The van der Waals surface area contributed by atoms with Crippen LogP contribution in [-0.4, -0.2) is 11.4 Å². The second-order valence-corrected chi connectivity index (χ2v) is 2.05. The van der Waals surface area contributed by atoms with Crippen LogP contribution in [0.3, 0.4) is 0 Å². The predicted octanol–water partition coefficient (Wildman–Crippen LogP) is 1.60. The zero-order chi connectivity index (χ0) is 8.10. The number of aromatic hydroxyl groups is 1. The Morgan fingerprint density at radius 2 is 2.00 bits per heavy atom. The molecule has 2 heteroatoms. The molecule has 0 aliphatic heterocycles. The Hall–Kier alpha value is -1.57. The van der Waals surface area contributed by atoms with E-state index in [0.717, 1.165) is 0 Å². The zero-order valence-electron chi connectivity index (χ0n) is 5.90. The van der Waals surface area contributed by atoms with Gasteiger partial charge in [0.1, 0.15) is 12.0 Å². The maximum Gasteiger partial charge on any atom is 0.142 e. The van der Waals surface area contributed by atoms with Gasteiger partial charge in [-0.15, -0.1) is 0 Å². The molecule has 0 saturated heterocycles. The number of para-hydroxylation sites is 1. The highest BCUT2D eigenvalue weighted by Crippen LogP contribution is 2.16. The SMILES string of the molecule is O=C/C=C\c1ccccc1O. The molecule has 0 spiro atoms. The van der Waals surface area contributed by atoms with Crippen LogP contribution in [0.15, 0.2) is 30.3 Å². The number of phenols is 1. The van der Waals surface area contributed by atoms with Gasteiger partial charge in [0, 0.05) is 5.56 Å². The number of phenolic OH excluding ortho intramolecular Hbond substituents is 1. The molecule has 0 amide bonds. The molecule has 0 heterocycles. The molecule has 1 aromatic rings. The van der Waals surface area contributed by atoms with Gasteiger partial charge < -0.3 is 5.11 Å². The molecule has 1 aromatic carbocycles. The Kier molecular flexibility index (Phi) is 2.44. The lowest BCUT2D eigenvalue weighted by atomic mass is 10.2. The molecule has 0 aliphatic rings. The minimum absolute atomic E-state index is 0.186. The van der Waals surface area contributed by atoms with E-state index in [9.17, 15) is 4.79 Å². The van der Waals surface area contributed by atoms with E-state index in [1.54, 1.807) is 30.3 Å². The van der Waals surface area contributed by atoms with Gasteiger partial charge in [-0.05, 0) is 18.2 Å². The number of benzene rings is 1. The monoisotopic (exact) mass is 148 g/mol. The molecular weight excluding hydrogens is 140 g/mol. The van der Waals surface area contributed by atoms with E-state index >= 15 is 0 Å². The van der Waals surface area contributed by atoms with Crippen molar-refractivity contribution in [3.05, 3.63) is 35.9 Å². The van der Waals surface area contributed by atoms with Crippen LogP contribution in [0.2, 0.25) is 0 Å². The third kappa shape index (κ3) is 1.93. The molecule has 0 unspecified atom stereocenters. The van der Waals surface area contributed by atoms with E-state index in [2.05, 4.69) is 0 Å². The van der Waals surface area contributed by atoms with Crippen molar-refractivity contribution < 1.29 is 9.90 Å². The fourth-order valence-electron chi connectivity index (χ4n) is 0.771. The number of carbonyl (C=O) groups is 1. The molecule has 2 nitrogen and oxygen atoms in total. The molecule has 0 bridgehead atoms. The van der Waals surface area contributed by atoms with Gasteiger partial charge >= 0.3 is 0 Å². The van der Waals surface area contributed by atoms with Crippen LogP contribution in [-0.2, 0) is 4.79 Å². The number of allylic oxidation sites excluding steroid dienone is 1. The minimum Gasteiger partial charge on any atom is -0.507 e. The molecule has 0 aliphatic carbocycles. The van der Waals surface area contributed by atoms with Crippen LogP contribution in [0.1, 0.15) is 5.56 Å². The zero-order valence-corrected chi connectivity index (χ0v) is 5.90. The van der Waals surface area contributed by atoms with Crippen LogP contribution in [0.5, 0.6) is 5.75 Å². The molecule has 56 valence electrons. The second kappa shape index (κ2) is 3.56. The molecule has 1 rings (SSSR count). The summed E-state index contributed by atoms with van der Waals surface area (Å²) in [5, 5.41) is 9.17. The van der Waals surface area contributed by atoms with Gasteiger partial charge in [-0.25, -0.2) is 0 Å². The summed E-state index contributed by atoms with van der Waals surface area (Å²) in [4.78, 5) is 9.92. The molecular formula is C9H8O2. The summed E-state index contributed by atoms with van der Waals surface area (Å²) in [5.41, 5.74) is 0.652. The van der Waals surface area contributed by atoms with Crippen molar-refractivity contribution >= 4 is 12.4 Å². The number of aldehydes is 1. The van der Waals surface area contributed by atoms with Crippen molar-refractivity contribution in [3.8, 4) is 5.75 Å². The first-order valence-corrected chi connectivity index (χ1v) is 3.24. The van der Waals surface area contributed by atoms with Crippen LogP contribution < -0.4 is 0 Å². The quantitative estimate of drug-likeness (QED) is 0.511. The van der Waals surface area contributed by atoms with E-state index in [0.29, 0.717) is 11.8 Å². The Morgan fingerprint density at radius 3 is 2.64 bits per heavy atom. The Labute approximate surface area is 64.8 Å². The number of rotatable bonds is 2. The van der Waals surface area contributed by atoms with Crippen LogP contribution in [0.4, 0.5) is 0 Å². The predicted molar refractivity (Wildman–Crippen MR) is 43.2 cm³/mol. The van der Waals surface area contributed by atoms with E-state index in [1.807, 2.05) is 0 Å². The maximum atomic E-state index is 9.92. The summed E-state index contributed by atoms with van der Waals surface area (Å²) < 4.78 is 0. The highest BCUT2D eigenvalue weighted by molar-refractivity contribution is 5.75. The Bertz CT molecular complexity index is 277. The fourth-order valence-corrected chi connectivity index (χ4v) is 0.771. The Balaban J connectivity index is 2.94. The van der Waals surface area contributed by atoms with E-state index < -0.39 is 0 Å². The molecule has 0 fully saturated rings. The molecule has 11 heavy (non-hydrogen) atoms. The smallest absolute Gasteiger partial charge is 0.142 e. The normalized spacial score (nSPS) is 10.2. The van der Waals surface area contributed by atoms with Gasteiger partial charge in [-0.3, -0.25) is 4.79 Å². The first-order chi connectivity index (χ1) is 5.34. The molecule has 0 aromatic heterocycles. The summed E-state index contributed by atoms with van der Waals surface area (Å²) in [7, 11) is 0. The highest BCUT2D eigenvalue weighted by Gasteiger charge is 1.91. The lowest BCUT2D eigenvalue weighted by molar-refractivity contribution is -0.104. The van der Waals surface area contributed by atoms with E-state index in [-0.39, 0.29) is 5.75 Å². The standard InChI is InChI=1S/C9H8O2/c10-7-3-5-8-4-1-2-6-9(8)11/h1-7,11H/b5-3-. The lowest BCUT2D eigenvalue weighted by Gasteiger charge is -1.94. The largest absolute Gasteiger partial charge is 0.507 e. The van der Waals surface area contributed by atoms with Gasteiger partial charge in [0.05, 0.1) is 0 Å². The van der Waals surface area contributed by atoms with Crippen molar-refractivity contribution in [3.63, 3.8) is 0 Å². The third-order valence-electron chi connectivity index (χ3n) is 1.29. The van der Waals surface area contributed by atoms with Gasteiger partial charge in [-0.1, -0.05) is 18.2 Å². The molecule has 1 N–H and O–H groups in total. The van der Waals surface area contributed by atoms with Gasteiger partial charge in [0.15, 0.2) is 0 Å². The first kappa shape index (κ1) is 7.54. The van der Waals surface area contributed by atoms with E-state index in [1.165, 1.54) is 6.08 Å². The van der Waals surface area contributed by atoms with Crippen LogP contribution in [0, 0.1) is 0 Å². The second-order valence-electron chi connectivity index (χ2n) is 2.05. The average Bonchev–Trinajstić information content (AvgIpc) is 2.03. The third-order valence-corrected chi connectivity index (χ3v) is 1.29. The maximum absolute atomic E-state index is 9.92. The van der Waals surface area contributed by atoms with Gasteiger partial charge in [0.2, 0.25) is 0 Å².